The van der Waals surface area contributed by atoms with E-state index in [-0.39, 0.29) is 28.3 Å². The molecule has 2 aromatic carbocycles. The molecular formula is C24H20Cl2N2O5. The molecule has 1 fully saturated rings. The number of hydrogen-bond acceptors (Lipinski definition) is 6. The molecule has 2 heterocycles. The summed E-state index contributed by atoms with van der Waals surface area (Å²) in [5, 5.41) is 15.6. The summed E-state index contributed by atoms with van der Waals surface area (Å²) in [6, 6.07) is 11.9. The Morgan fingerprint density at radius 3 is 2.36 bits per heavy atom. The van der Waals surface area contributed by atoms with Gasteiger partial charge in [-0.05, 0) is 62.7 Å². The van der Waals surface area contributed by atoms with Crippen molar-refractivity contribution in [1.82, 2.24) is 5.16 Å². The number of ether oxygens (including phenoxy) is 1. The predicted octanol–water partition coefficient (Wildman–Crippen LogP) is 5.70. The van der Waals surface area contributed by atoms with Gasteiger partial charge >= 0.3 is 5.91 Å². The number of aromatic nitrogens is 1. The van der Waals surface area contributed by atoms with Crippen molar-refractivity contribution < 1.29 is 24.0 Å². The van der Waals surface area contributed by atoms with Crippen LogP contribution in [-0.4, -0.2) is 28.1 Å². The summed E-state index contributed by atoms with van der Waals surface area (Å²) in [5.74, 6) is -0.817. The fourth-order valence-electron chi connectivity index (χ4n) is 3.65. The molecule has 4 rings (SSSR count). The molecule has 1 aliphatic heterocycles. The highest BCUT2D eigenvalue weighted by atomic mass is 35.5. The van der Waals surface area contributed by atoms with Crippen molar-refractivity contribution in [2.24, 2.45) is 0 Å². The predicted molar refractivity (Wildman–Crippen MR) is 125 cm³/mol. The van der Waals surface area contributed by atoms with Gasteiger partial charge in [0.25, 0.3) is 5.78 Å². The van der Waals surface area contributed by atoms with Gasteiger partial charge in [0.1, 0.15) is 17.3 Å². The smallest absolute Gasteiger partial charge is 0.301 e. The molecule has 0 spiro atoms. The molecule has 33 heavy (non-hydrogen) atoms. The van der Waals surface area contributed by atoms with Gasteiger partial charge < -0.3 is 14.4 Å². The first-order valence-corrected chi connectivity index (χ1v) is 10.9. The molecule has 0 radical (unpaired) electrons. The maximum Gasteiger partial charge on any atom is 0.301 e. The van der Waals surface area contributed by atoms with E-state index in [0.717, 1.165) is 0 Å². The highest BCUT2D eigenvalue weighted by molar-refractivity contribution is 6.51. The highest BCUT2D eigenvalue weighted by Gasteiger charge is 2.48. The van der Waals surface area contributed by atoms with Crippen molar-refractivity contribution in [2.45, 2.75) is 32.9 Å². The molecule has 0 unspecified atom stereocenters. The quantitative estimate of drug-likeness (QED) is 0.282. The van der Waals surface area contributed by atoms with E-state index >= 15 is 0 Å². The van der Waals surface area contributed by atoms with E-state index in [1.807, 2.05) is 13.8 Å². The molecule has 1 N–H and O–H groups in total. The Labute approximate surface area is 200 Å². The maximum absolute atomic E-state index is 13.1. The lowest BCUT2D eigenvalue weighted by Crippen LogP contribution is -2.29. The summed E-state index contributed by atoms with van der Waals surface area (Å²) in [5.41, 5.74) is 0.729. The van der Waals surface area contributed by atoms with Crippen molar-refractivity contribution in [3.05, 3.63) is 81.0 Å². The Morgan fingerprint density at radius 1 is 1.09 bits per heavy atom. The fourth-order valence-corrected chi connectivity index (χ4v) is 3.96. The summed E-state index contributed by atoms with van der Waals surface area (Å²) in [6.07, 6.45) is -0.0182. The van der Waals surface area contributed by atoms with E-state index in [0.29, 0.717) is 27.7 Å². The number of rotatable bonds is 5. The van der Waals surface area contributed by atoms with E-state index in [9.17, 15) is 14.7 Å². The van der Waals surface area contributed by atoms with Crippen LogP contribution in [0.25, 0.3) is 5.76 Å². The zero-order chi connectivity index (χ0) is 23.9. The van der Waals surface area contributed by atoms with Crippen molar-refractivity contribution in [3.63, 3.8) is 0 Å². The number of anilines is 1. The number of amides is 1. The lowest BCUT2D eigenvalue weighted by atomic mass is 9.95. The number of aliphatic hydroxyl groups is 1. The minimum atomic E-state index is -0.990. The first kappa shape index (κ1) is 22.9. The summed E-state index contributed by atoms with van der Waals surface area (Å²) in [7, 11) is 0. The number of benzene rings is 2. The third kappa shape index (κ3) is 4.34. The van der Waals surface area contributed by atoms with Gasteiger partial charge in [-0.25, -0.2) is 0 Å². The first-order valence-electron chi connectivity index (χ1n) is 10.1. The Kier molecular flexibility index (Phi) is 6.19. The Hall–Kier alpha value is -3.29. The zero-order valence-corrected chi connectivity index (χ0v) is 19.5. The van der Waals surface area contributed by atoms with Crippen LogP contribution in [0.5, 0.6) is 5.75 Å². The van der Waals surface area contributed by atoms with E-state index in [4.69, 9.17) is 32.5 Å². The minimum absolute atomic E-state index is 0.0182. The molecule has 0 aliphatic carbocycles. The van der Waals surface area contributed by atoms with Crippen LogP contribution in [0.2, 0.25) is 10.0 Å². The number of carbonyl (C=O) groups is 2. The minimum Gasteiger partial charge on any atom is -0.507 e. The number of nitrogens with zero attached hydrogens (tertiary/aromatic N) is 2. The van der Waals surface area contributed by atoms with Gasteiger partial charge in [0.2, 0.25) is 0 Å². The monoisotopic (exact) mass is 486 g/mol. The second-order valence-electron chi connectivity index (χ2n) is 7.83. The summed E-state index contributed by atoms with van der Waals surface area (Å²) >= 11 is 12.3. The van der Waals surface area contributed by atoms with Crippen molar-refractivity contribution in [2.75, 3.05) is 4.90 Å². The summed E-state index contributed by atoms with van der Waals surface area (Å²) in [6.45, 7) is 5.47. The van der Waals surface area contributed by atoms with Gasteiger partial charge in [-0.1, -0.05) is 34.4 Å². The third-order valence-electron chi connectivity index (χ3n) is 5.07. The molecule has 1 saturated heterocycles. The molecule has 7 nitrogen and oxygen atoms in total. The third-order valence-corrected chi connectivity index (χ3v) is 5.80. The molecule has 170 valence electrons. The van der Waals surface area contributed by atoms with Crippen LogP contribution >= 0.6 is 23.2 Å². The average Bonchev–Trinajstić information content (AvgIpc) is 3.30. The summed E-state index contributed by atoms with van der Waals surface area (Å²) < 4.78 is 10.7. The van der Waals surface area contributed by atoms with Crippen LogP contribution < -0.4 is 9.64 Å². The van der Waals surface area contributed by atoms with Crippen molar-refractivity contribution in [1.29, 1.82) is 0 Å². The van der Waals surface area contributed by atoms with E-state index in [2.05, 4.69) is 5.16 Å². The molecule has 3 aromatic rings. The fraction of sp³-hybridized carbons (Fsp3) is 0.208. The molecular weight excluding hydrogens is 467 g/mol. The first-order chi connectivity index (χ1) is 15.7. The summed E-state index contributed by atoms with van der Waals surface area (Å²) in [4.78, 5) is 27.3. The second-order valence-corrected chi connectivity index (χ2v) is 8.64. The van der Waals surface area contributed by atoms with Crippen LogP contribution in [0.1, 0.15) is 36.8 Å². The molecule has 1 aromatic heterocycles. The lowest BCUT2D eigenvalue weighted by molar-refractivity contribution is -0.132. The Morgan fingerprint density at radius 2 is 1.79 bits per heavy atom. The molecule has 0 bridgehead atoms. The Balaban J connectivity index is 1.87. The molecule has 1 atom stereocenters. The van der Waals surface area contributed by atoms with Crippen LogP contribution in [0, 0.1) is 6.92 Å². The van der Waals surface area contributed by atoms with Gasteiger partial charge in [-0.15, -0.1) is 0 Å². The van der Waals surface area contributed by atoms with Crippen LogP contribution in [0.4, 0.5) is 5.82 Å². The topological polar surface area (TPSA) is 92.9 Å². The number of aliphatic hydroxyl groups excluding tert-OH is 1. The number of hydrogen-bond donors (Lipinski definition) is 1. The van der Waals surface area contributed by atoms with Gasteiger partial charge in [0.15, 0.2) is 5.82 Å². The van der Waals surface area contributed by atoms with Gasteiger partial charge in [0, 0.05) is 11.6 Å². The zero-order valence-electron chi connectivity index (χ0n) is 18.0. The maximum atomic E-state index is 13.1. The number of aryl methyl sites for hydroxylation is 1. The highest BCUT2D eigenvalue weighted by Crippen LogP contribution is 2.43. The standard InChI is InChI=1S/C24H20Cl2N2O5/c1-12(2)32-16-7-4-14(5-8-16)22(29)20-21(15-6-9-17(25)18(26)11-15)28(24(31)23(20)30)19-10-13(3)33-27-19/h4-12,21,29H,1-3H3/t21-/m1/s1. The van der Waals surface area contributed by atoms with Crippen LogP contribution in [-0.2, 0) is 9.59 Å². The van der Waals surface area contributed by atoms with Gasteiger partial charge in [0.05, 0.1) is 27.8 Å². The van der Waals surface area contributed by atoms with Crippen molar-refractivity contribution in [3.8, 4) is 5.75 Å². The van der Waals surface area contributed by atoms with Crippen LogP contribution in [0.15, 0.2) is 58.6 Å². The SMILES string of the molecule is Cc1cc(N2C(=O)C(=O)C(=C(O)c3ccc(OC(C)C)cc3)[C@H]2c2ccc(Cl)c(Cl)c2)no1. The number of Topliss-reactive ketones (excluding diaryl/α,β-unsaturated/α-hetero) is 1. The Bertz CT molecular complexity index is 1260. The average molecular weight is 487 g/mol. The largest absolute Gasteiger partial charge is 0.507 e. The van der Waals surface area contributed by atoms with E-state index < -0.39 is 17.7 Å². The molecule has 0 saturated carbocycles. The van der Waals surface area contributed by atoms with Gasteiger partial charge in [-0.2, -0.15) is 0 Å². The molecule has 9 heteroatoms. The van der Waals surface area contributed by atoms with Gasteiger partial charge in [-0.3, -0.25) is 14.5 Å². The molecule has 1 aliphatic rings. The normalized spacial score (nSPS) is 17.8. The second kappa shape index (κ2) is 8.92. The van der Waals surface area contributed by atoms with E-state index in [1.165, 1.54) is 11.0 Å². The molecule has 1 amide bonds. The van der Waals surface area contributed by atoms with E-state index in [1.54, 1.807) is 49.4 Å². The van der Waals surface area contributed by atoms with Crippen LogP contribution in [0.3, 0.4) is 0 Å². The van der Waals surface area contributed by atoms with Crippen molar-refractivity contribution >= 4 is 46.5 Å². The lowest BCUT2D eigenvalue weighted by Gasteiger charge is -2.23. The number of ketones is 1. The number of carbonyl (C=O) groups excluding carboxylic acids is 2. The number of halogens is 2.